The summed E-state index contributed by atoms with van der Waals surface area (Å²) in [7, 11) is 0. The van der Waals surface area contributed by atoms with Crippen molar-refractivity contribution >= 4 is 5.78 Å². The molecule has 1 unspecified atom stereocenters. The van der Waals surface area contributed by atoms with Gasteiger partial charge in [-0.25, -0.2) is 0 Å². The van der Waals surface area contributed by atoms with E-state index in [1.807, 2.05) is 6.92 Å². The number of carbonyl (C=O) groups excluding carboxylic acids is 1. The van der Waals surface area contributed by atoms with Gasteiger partial charge in [0.2, 0.25) is 0 Å². The molecule has 0 bridgehead atoms. The monoisotopic (exact) mass is 172 g/mol. The number of hydrogen-bond donors (Lipinski definition) is 0. The van der Waals surface area contributed by atoms with Gasteiger partial charge in [0.05, 0.1) is 0 Å². The lowest BCUT2D eigenvalue weighted by Crippen LogP contribution is -2.12. The van der Waals surface area contributed by atoms with Crippen LogP contribution in [0, 0.1) is 5.92 Å². The number of rotatable bonds is 7. The topological polar surface area (TPSA) is 26.3 Å². The zero-order valence-corrected chi connectivity index (χ0v) is 8.43. The minimum absolute atomic E-state index is 0.193. The molecule has 0 heterocycles. The molecule has 0 aliphatic heterocycles. The number of Topliss-reactive ketones (excluding diaryl/α,β-unsaturated/α-hetero) is 1. The van der Waals surface area contributed by atoms with Gasteiger partial charge in [0.15, 0.2) is 5.78 Å². The maximum absolute atomic E-state index is 10.8. The van der Waals surface area contributed by atoms with Crippen LogP contribution >= 0.6 is 0 Å². The Labute approximate surface area is 75.3 Å². The average Bonchev–Trinajstić information content (AvgIpc) is 2.04. The molecule has 0 spiro atoms. The van der Waals surface area contributed by atoms with E-state index in [1.165, 1.54) is 12.8 Å². The highest BCUT2D eigenvalue weighted by Crippen LogP contribution is 2.04. The van der Waals surface area contributed by atoms with Gasteiger partial charge in [-0.15, -0.1) is 0 Å². The molecule has 0 aliphatic carbocycles. The Bertz CT molecular complexity index is 121. The zero-order chi connectivity index (χ0) is 9.40. The second-order valence-electron chi connectivity index (χ2n) is 3.30. The molecule has 12 heavy (non-hydrogen) atoms. The number of carbonyl (C=O) groups is 1. The van der Waals surface area contributed by atoms with Crippen LogP contribution in [0.2, 0.25) is 0 Å². The van der Waals surface area contributed by atoms with Crippen LogP contribution in [-0.2, 0) is 9.53 Å². The van der Waals surface area contributed by atoms with Gasteiger partial charge < -0.3 is 4.74 Å². The third kappa shape index (κ3) is 6.35. The van der Waals surface area contributed by atoms with Crippen molar-refractivity contribution in [3.05, 3.63) is 0 Å². The zero-order valence-electron chi connectivity index (χ0n) is 8.43. The second-order valence-corrected chi connectivity index (χ2v) is 3.30. The van der Waals surface area contributed by atoms with Crippen molar-refractivity contribution in [2.45, 2.75) is 40.0 Å². The van der Waals surface area contributed by atoms with Crippen molar-refractivity contribution in [1.82, 2.24) is 0 Å². The molecule has 0 saturated carbocycles. The van der Waals surface area contributed by atoms with E-state index >= 15 is 0 Å². The number of ether oxygens (including phenoxy) is 1. The van der Waals surface area contributed by atoms with Crippen LogP contribution in [0.3, 0.4) is 0 Å². The molecule has 72 valence electrons. The normalized spacial score (nSPS) is 12.9. The van der Waals surface area contributed by atoms with Gasteiger partial charge in [0.1, 0.15) is 6.61 Å². The van der Waals surface area contributed by atoms with Crippen molar-refractivity contribution in [3.63, 3.8) is 0 Å². The fourth-order valence-electron chi connectivity index (χ4n) is 1.05. The molecule has 0 saturated heterocycles. The highest BCUT2D eigenvalue weighted by molar-refractivity contribution is 5.79. The maximum atomic E-state index is 10.8. The predicted octanol–water partition coefficient (Wildman–Crippen LogP) is 2.42. The summed E-state index contributed by atoms with van der Waals surface area (Å²) in [6.45, 7) is 7.19. The van der Waals surface area contributed by atoms with Crippen LogP contribution in [0.25, 0.3) is 0 Å². The maximum Gasteiger partial charge on any atom is 0.158 e. The molecule has 0 N–H and O–H groups in total. The van der Waals surface area contributed by atoms with Crippen LogP contribution in [0.4, 0.5) is 0 Å². The van der Waals surface area contributed by atoms with Crippen LogP contribution in [0.15, 0.2) is 0 Å². The lowest BCUT2D eigenvalue weighted by atomic mass is 10.1. The van der Waals surface area contributed by atoms with Crippen molar-refractivity contribution in [2.75, 3.05) is 13.2 Å². The Hall–Kier alpha value is -0.370. The molecule has 2 nitrogen and oxygen atoms in total. The lowest BCUT2D eigenvalue weighted by Gasteiger charge is -2.09. The van der Waals surface area contributed by atoms with Crippen LogP contribution in [0.5, 0.6) is 0 Å². The van der Waals surface area contributed by atoms with Crippen LogP contribution < -0.4 is 0 Å². The number of hydrogen-bond acceptors (Lipinski definition) is 2. The Morgan fingerprint density at radius 3 is 2.58 bits per heavy atom. The quantitative estimate of drug-likeness (QED) is 0.589. The van der Waals surface area contributed by atoms with E-state index in [1.54, 1.807) is 0 Å². The molecular weight excluding hydrogens is 152 g/mol. The van der Waals surface area contributed by atoms with E-state index in [0.717, 1.165) is 6.61 Å². The molecule has 0 aromatic rings. The van der Waals surface area contributed by atoms with Gasteiger partial charge >= 0.3 is 0 Å². The molecule has 2 heteroatoms. The van der Waals surface area contributed by atoms with Gasteiger partial charge in [-0.2, -0.15) is 0 Å². The fraction of sp³-hybridized carbons (Fsp3) is 0.900. The van der Waals surface area contributed by atoms with E-state index in [9.17, 15) is 4.79 Å². The summed E-state index contributed by atoms with van der Waals surface area (Å²) in [6.07, 6.45) is 2.95. The van der Waals surface area contributed by atoms with Crippen LogP contribution in [0.1, 0.15) is 40.0 Å². The van der Waals surface area contributed by atoms with E-state index in [4.69, 9.17) is 4.74 Å². The second kappa shape index (κ2) is 7.29. The molecular formula is C10H20O2. The van der Waals surface area contributed by atoms with Gasteiger partial charge in [-0.3, -0.25) is 4.79 Å². The Morgan fingerprint density at radius 2 is 2.08 bits per heavy atom. The number of ketones is 1. The van der Waals surface area contributed by atoms with Crippen molar-refractivity contribution in [1.29, 1.82) is 0 Å². The third-order valence-corrected chi connectivity index (χ3v) is 1.84. The van der Waals surface area contributed by atoms with E-state index < -0.39 is 0 Å². The molecule has 0 aliphatic rings. The molecule has 0 aromatic heterocycles. The summed E-state index contributed by atoms with van der Waals surface area (Å²) in [4.78, 5) is 10.8. The smallest absolute Gasteiger partial charge is 0.158 e. The highest BCUT2D eigenvalue weighted by atomic mass is 16.5. The van der Waals surface area contributed by atoms with Gasteiger partial charge in [-0.05, 0) is 12.3 Å². The SMILES string of the molecule is CCCC(C)COCC(=O)CC. The first-order valence-electron chi connectivity index (χ1n) is 4.80. The summed E-state index contributed by atoms with van der Waals surface area (Å²) < 4.78 is 5.25. The van der Waals surface area contributed by atoms with Crippen molar-refractivity contribution in [3.8, 4) is 0 Å². The van der Waals surface area contributed by atoms with E-state index in [2.05, 4.69) is 13.8 Å². The Morgan fingerprint density at radius 1 is 1.42 bits per heavy atom. The molecule has 0 aromatic carbocycles. The first-order valence-corrected chi connectivity index (χ1v) is 4.80. The minimum atomic E-state index is 0.193. The Kier molecular flexibility index (Phi) is 7.06. The van der Waals surface area contributed by atoms with Crippen molar-refractivity contribution in [2.24, 2.45) is 5.92 Å². The Balaban J connectivity index is 3.24. The van der Waals surface area contributed by atoms with Gasteiger partial charge in [0.25, 0.3) is 0 Å². The first-order chi connectivity index (χ1) is 5.70. The minimum Gasteiger partial charge on any atom is -0.373 e. The molecule has 0 rings (SSSR count). The van der Waals surface area contributed by atoms with E-state index in [0.29, 0.717) is 18.9 Å². The molecule has 0 radical (unpaired) electrons. The summed E-state index contributed by atoms with van der Waals surface area (Å²) in [5.41, 5.74) is 0. The van der Waals surface area contributed by atoms with Gasteiger partial charge in [0, 0.05) is 13.0 Å². The van der Waals surface area contributed by atoms with Gasteiger partial charge in [-0.1, -0.05) is 27.2 Å². The highest BCUT2D eigenvalue weighted by Gasteiger charge is 2.02. The largest absolute Gasteiger partial charge is 0.373 e. The standard InChI is InChI=1S/C10H20O2/c1-4-6-9(3)7-12-8-10(11)5-2/h9H,4-8H2,1-3H3. The first kappa shape index (κ1) is 11.6. The molecule has 1 atom stereocenters. The summed E-state index contributed by atoms with van der Waals surface area (Å²) >= 11 is 0. The van der Waals surface area contributed by atoms with Crippen LogP contribution in [-0.4, -0.2) is 19.0 Å². The third-order valence-electron chi connectivity index (χ3n) is 1.84. The molecule has 0 fully saturated rings. The molecule has 0 amide bonds. The predicted molar refractivity (Wildman–Crippen MR) is 50.2 cm³/mol. The average molecular weight is 172 g/mol. The summed E-state index contributed by atoms with van der Waals surface area (Å²) in [6, 6.07) is 0. The summed E-state index contributed by atoms with van der Waals surface area (Å²) in [5.74, 6) is 0.776. The fourth-order valence-corrected chi connectivity index (χ4v) is 1.05. The lowest BCUT2D eigenvalue weighted by molar-refractivity contribution is -0.123. The van der Waals surface area contributed by atoms with Crippen molar-refractivity contribution < 1.29 is 9.53 Å². The summed E-state index contributed by atoms with van der Waals surface area (Å²) in [5, 5.41) is 0. The van der Waals surface area contributed by atoms with E-state index in [-0.39, 0.29) is 5.78 Å².